The summed E-state index contributed by atoms with van der Waals surface area (Å²) in [5.41, 5.74) is 0.654. The number of aromatic nitrogens is 6. The molecule has 0 aliphatic carbocycles. The first-order valence-corrected chi connectivity index (χ1v) is 12.4. The van der Waals surface area contributed by atoms with Gasteiger partial charge in [-0.1, -0.05) is 0 Å². The van der Waals surface area contributed by atoms with Gasteiger partial charge in [0.2, 0.25) is 0 Å². The Kier molecular flexibility index (Phi) is 5.61. The zero-order valence-electron chi connectivity index (χ0n) is 18.2. The van der Waals surface area contributed by atoms with Crippen LogP contribution >= 0.6 is 11.3 Å². The summed E-state index contributed by atoms with van der Waals surface area (Å²) < 4.78 is 57.8. The van der Waals surface area contributed by atoms with Gasteiger partial charge in [-0.25, -0.2) is 42.1 Å². The number of pyridine rings is 1. The zero-order chi connectivity index (χ0) is 24.7. The van der Waals surface area contributed by atoms with Gasteiger partial charge in [0.15, 0.2) is 15.7 Å². The van der Waals surface area contributed by atoms with Gasteiger partial charge in [0.25, 0.3) is 10.0 Å². The van der Waals surface area contributed by atoms with Crippen molar-refractivity contribution < 1.29 is 17.2 Å². The number of H-pyrrole nitrogens is 1. The van der Waals surface area contributed by atoms with Crippen LogP contribution in [0.5, 0.6) is 0 Å². The van der Waals surface area contributed by atoms with Crippen LogP contribution in [0.15, 0.2) is 47.2 Å². The fourth-order valence-electron chi connectivity index (χ4n) is 3.40. The van der Waals surface area contributed by atoms with E-state index >= 15 is 4.39 Å². The summed E-state index contributed by atoms with van der Waals surface area (Å²) in [5.74, 6) is -1.64. The molecule has 178 valence electrons. The summed E-state index contributed by atoms with van der Waals surface area (Å²) in [6, 6.07) is 5.25. The minimum atomic E-state index is -4.14. The lowest BCUT2D eigenvalue weighted by atomic mass is 10.2. The number of halogens is 2. The molecule has 10 nitrogen and oxygen atoms in total. The molecule has 5 aromatic rings. The fraction of sp³-hybridized carbons (Fsp3) is 0.0952. The lowest BCUT2D eigenvalue weighted by Crippen LogP contribution is -2.15. The number of nitrogens with zero attached hydrogens (tertiary/aromatic N) is 5. The number of fused-ring (bicyclic) bond motifs is 1. The maximum atomic E-state index is 15.4. The second-order valence-corrected chi connectivity index (χ2v) is 10.4. The molecular weight excluding hydrogens is 498 g/mol. The molecule has 14 heteroatoms. The van der Waals surface area contributed by atoms with Gasteiger partial charge < -0.3 is 10.3 Å². The monoisotopic (exact) mass is 514 g/mol. The van der Waals surface area contributed by atoms with Crippen molar-refractivity contribution in [2.24, 2.45) is 0 Å². The average Bonchev–Trinajstić information content (AvgIpc) is 3.41. The highest BCUT2D eigenvalue weighted by molar-refractivity contribution is 7.94. The molecule has 5 rings (SSSR count). The van der Waals surface area contributed by atoms with Crippen molar-refractivity contribution in [3.63, 3.8) is 0 Å². The smallest absolute Gasteiger partial charge is 0.273 e. The highest BCUT2D eigenvalue weighted by atomic mass is 32.2. The molecule has 1 aromatic carbocycles. The minimum absolute atomic E-state index is 0.0479. The Labute approximate surface area is 201 Å². The number of sulfonamides is 1. The third kappa shape index (κ3) is 4.28. The Morgan fingerprint density at radius 3 is 2.66 bits per heavy atom. The first-order chi connectivity index (χ1) is 16.7. The van der Waals surface area contributed by atoms with Crippen LogP contribution in [-0.2, 0) is 10.0 Å². The van der Waals surface area contributed by atoms with Gasteiger partial charge in [-0.2, -0.15) is 0 Å². The number of nitrogens with one attached hydrogen (secondary N) is 3. The molecule has 0 unspecified atom stereocenters. The number of hydrogen-bond acceptors (Lipinski definition) is 9. The molecule has 0 saturated heterocycles. The van der Waals surface area contributed by atoms with Crippen molar-refractivity contribution in [2.45, 2.75) is 18.1 Å². The Bertz CT molecular complexity index is 1650. The number of aromatic amines is 1. The normalized spacial score (nSPS) is 11.7. The SMILES string of the molecule is Cc1nc(C)c(S(=O)(=O)Nc2ccc(F)c(Nc3ncccc3-c3nc4cncnc4[nH]3)c2F)s1. The Morgan fingerprint density at radius 2 is 1.91 bits per heavy atom. The molecule has 4 aromatic heterocycles. The molecule has 35 heavy (non-hydrogen) atoms. The second kappa shape index (κ2) is 8.63. The zero-order valence-corrected chi connectivity index (χ0v) is 19.8. The van der Waals surface area contributed by atoms with Crippen molar-refractivity contribution in [3.05, 3.63) is 65.3 Å². The van der Waals surface area contributed by atoms with Crippen molar-refractivity contribution in [3.8, 4) is 11.4 Å². The molecule has 0 atom stereocenters. The minimum Gasteiger partial charge on any atom is -0.335 e. The van der Waals surface area contributed by atoms with E-state index in [0.29, 0.717) is 27.6 Å². The van der Waals surface area contributed by atoms with Crippen LogP contribution in [0, 0.1) is 25.5 Å². The number of benzene rings is 1. The first-order valence-electron chi connectivity index (χ1n) is 10.1. The van der Waals surface area contributed by atoms with E-state index in [2.05, 4.69) is 39.9 Å². The van der Waals surface area contributed by atoms with Gasteiger partial charge in [0, 0.05) is 6.20 Å². The molecule has 3 N–H and O–H groups in total. The van der Waals surface area contributed by atoms with Gasteiger partial charge in [0.05, 0.1) is 28.1 Å². The first kappa shape index (κ1) is 22.7. The number of aryl methyl sites for hydroxylation is 2. The summed E-state index contributed by atoms with van der Waals surface area (Å²) in [6.07, 6.45) is 4.32. The van der Waals surface area contributed by atoms with Gasteiger partial charge in [-0.3, -0.25) is 4.72 Å². The predicted molar refractivity (Wildman–Crippen MR) is 127 cm³/mol. The Balaban J connectivity index is 1.52. The second-order valence-electron chi connectivity index (χ2n) is 7.36. The van der Waals surface area contributed by atoms with Crippen LogP contribution in [0.3, 0.4) is 0 Å². The maximum Gasteiger partial charge on any atom is 0.273 e. The summed E-state index contributed by atoms with van der Waals surface area (Å²) in [5, 5.41) is 3.18. The van der Waals surface area contributed by atoms with E-state index < -0.39 is 33.0 Å². The third-order valence-electron chi connectivity index (χ3n) is 4.91. The standard InChI is InChI=1S/C21H16F2N8O2S2/c1-10-21(34-11(2)27-10)35(32,33)31-14-6-5-13(22)17(16(14)23)29-18-12(4-3-7-25-18)19-28-15-8-24-9-26-20(15)30-19/h3-9,31H,1-2H3,(H,25,29)(H,24,26,28,30). The van der Waals surface area contributed by atoms with Crippen molar-refractivity contribution >= 4 is 49.7 Å². The van der Waals surface area contributed by atoms with Gasteiger partial charge in [-0.15, -0.1) is 11.3 Å². The number of anilines is 3. The van der Waals surface area contributed by atoms with Crippen LogP contribution in [0.1, 0.15) is 10.7 Å². The highest BCUT2D eigenvalue weighted by Gasteiger charge is 2.25. The molecule has 0 amide bonds. The van der Waals surface area contributed by atoms with Gasteiger partial charge in [-0.05, 0) is 38.1 Å². The molecule has 0 saturated carbocycles. The summed E-state index contributed by atoms with van der Waals surface area (Å²) in [4.78, 5) is 23.7. The molecule has 0 radical (unpaired) electrons. The van der Waals surface area contributed by atoms with E-state index in [1.807, 2.05) is 0 Å². The number of imidazole rings is 1. The highest BCUT2D eigenvalue weighted by Crippen LogP contribution is 2.34. The van der Waals surface area contributed by atoms with Crippen LogP contribution in [0.25, 0.3) is 22.6 Å². The largest absolute Gasteiger partial charge is 0.335 e. The van der Waals surface area contributed by atoms with Crippen molar-refractivity contribution in [1.29, 1.82) is 0 Å². The van der Waals surface area contributed by atoms with Crippen LogP contribution < -0.4 is 10.0 Å². The van der Waals surface area contributed by atoms with E-state index in [0.717, 1.165) is 23.5 Å². The molecular formula is C21H16F2N8O2S2. The third-order valence-corrected chi connectivity index (χ3v) is 7.96. The topological polar surface area (TPSA) is 138 Å². The molecule has 0 aliphatic heterocycles. The van der Waals surface area contributed by atoms with Gasteiger partial charge >= 0.3 is 0 Å². The fourth-order valence-corrected chi connectivity index (χ4v) is 5.95. The van der Waals surface area contributed by atoms with Crippen LogP contribution in [-0.4, -0.2) is 38.3 Å². The summed E-state index contributed by atoms with van der Waals surface area (Å²) in [6.45, 7) is 3.20. The van der Waals surface area contributed by atoms with E-state index in [-0.39, 0.29) is 15.7 Å². The van der Waals surface area contributed by atoms with Crippen molar-refractivity contribution in [1.82, 2.24) is 29.9 Å². The van der Waals surface area contributed by atoms with Crippen molar-refractivity contribution in [2.75, 3.05) is 10.0 Å². The molecule has 0 aliphatic rings. The van der Waals surface area contributed by atoms with E-state index in [9.17, 15) is 12.8 Å². The van der Waals surface area contributed by atoms with Crippen LogP contribution in [0.4, 0.5) is 26.0 Å². The number of rotatable bonds is 6. The lowest BCUT2D eigenvalue weighted by Gasteiger charge is -2.14. The summed E-state index contributed by atoms with van der Waals surface area (Å²) in [7, 11) is -4.14. The number of hydrogen-bond donors (Lipinski definition) is 3. The van der Waals surface area contributed by atoms with E-state index in [4.69, 9.17) is 0 Å². The summed E-state index contributed by atoms with van der Waals surface area (Å²) >= 11 is 0.954. The number of thiazole rings is 1. The molecule has 0 spiro atoms. The Hall–Kier alpha value is -4.04. The predicted octanol–water partition coefficient (Wildman–Crippen LogP) is 4.31. The van der Waals surface area contributed by atoms with E-state index in [1.54, 1.807) is 19.1 Å². The average molecular weight is 515 g/mol. The molecule has 0 fully saturated rings. The Morgan fingerprint density at radius 1 is 1.09 bits per heavy atom. The van der Waals surface area contributed by atoms with E-state index in [1.165, 1.54) is 25.6 Å². The van der Waals surface area contributed by atoms with Gasteiger partial charge in [0.1, 0.15) is 35.0 Å². The maximum absolute atomic E-state index is 15.4. The molecule has 0 bridgehead atoms. The quantitative estimate of drug-likeness (QED) is 0.305. The van der Waals surface area contributed by atoms with Crippen LogP contribution in [0.2, 0.25) is 0 Å². The lowest BCUT2D eigenvalue weighted by molar-refractivity contribution is 0.589. The molecule has 4 heterocycles.